The highest BCUT2D eigenvalue weighted by molar-refractivity contribution is 7.99. The van der Waals surface area contributed by atoms with Crippen LogP contribution < -0.4 is 10.6 Å². The molecular weight excluding hydrogens is 432 g/mol. The summed E-state index contributed by atoms with van der Waals surface area (Å²) in [6.45, 7) is 5.24. The summed E-state index contributed by atoms with van der Waals surface area (Å²) in [7, 11) is 0. The molecule has 0 radical (unpaired) electrons. The summed E-state index contributed by atoms with van der Waals surface area (Å²) < 4.78 is 0. The van der Waals surface area contributed by atoms with Gasteiger partial charge in [-0.25, -0.2) is 14.9 Å². The van der Waals surface area contributed by atoms with E-state index in [-0.39, 0.29) is 5.69 Å². The van der Waals surface area contributed by atoms with Crippen molar-refractivity contribution in [3.63, 3.8) is 0 Å². The second kappa shape index (κ2) is 11.0. The first-order chi connectivity index (χ1) is 16.1. The van der Waals surface area contributed by atoms with Crippen molar-refractivity contribution < 1.29 is 0 Å². The lowest BCUT2D eigenvalue weighted by Gasteiger charge is -2.28. The molecule has 2 heterocycles. The summed E-state index contributed by atoms with van der Waals surface area (Å²) in [6.07, 6.45) is 3.89. The van der Waals surface area contributed by atoms with Gasteiger partial charge in [0.25, 0.3) is 0 Å². The highest BCUT2D eigenvalue weighted by atomic mass is 32.2. The van der Waals surface area contributed by atoms with E-state index in [1.54, 1.807) is 11.8 Å². The summed E-state index contributed by atoms with van der Waals surface area (Å²) in [5.74, 6) is 1.77. The van der Waals surface area contributed by atoms with Crippen LogP contribution in [0.15, 0.2) is 76.8 Å². The molecule has 4 aromatic rings. The first-order valence-electron chi connectivity index (χ1n) is 11.1. The second-order valence-corrected chi connectivity index (χ2v) is 9.07. The van der Waals surface area contributed by atoms with Gasteiger partial charge in [0.2, 0.25) is 0 Å². The molecule has 0 bridgehead atoms. The molecule has 0 atom stereocenters. The normalized spacial score (nSPS) is 11.1. The third-order valence-corrected chi connectivity index (χ3v) is 6.24. The third kappa shape index (κ3) is 5.90. The Morgan fingerprint density at radius 1 is 0.939 bits per heavy atom. The van der Waals surface area contributed by atoms with Crippen LogP contribution in [0.3, 0.4) is 0 Å². The monoisotopic (exact) mass is 460 g/mol. The smallest absolute Gasteiger partial charge is 0.341 e. The molecule has 0 fully saturated rings. The quantitative estimate of drug-likeness (QED) is 0.255. The molecule has 2 aromatic heterocycles. The van der Waals surface area contributed by atoms with Gasteiger partial charge in [-0.1, -0.05) is 72.4 Å². The Bertz CT molecular complexity index is 1210. The number of benzene rings is 2. The first kappa shape index (κ1) is 22.8. The summed E-state index contributed by atoms with van der Waals surface area (Å²) >= 11 is 1.55. The van der Waals surface area contributed by atoms with Gasteiger partial charge in [-0.05, 0) is 26.7 Å². The van der Waals surface area contributed by atoms with Gasteiger partial charge in [0.1, 0.15) is 5.82 Å². The lowest BCUT2D eigenvalue weighted by atomic mass is 10.0. The van der Waals surface area contributed by atoms with E-state index in [0.29, 0.717) is 11.2 Å². The van der Waals surface area contributed by atoms with Crippen LogP contribution in [0, 0.1) is 0 Å². The Hall–Kier alpha value is -3.39. The second-order valence-electron chi connectivity index (χ2n) is 7.98. The molecule has 0 saturated heterocycles. The summed E-state index contributed by atoms with van der Waals surface area (Å²) in [6, 6.07) is 20.7. The minimum Gasteiger partial charge on any atom is -0.353 e. The molecule has 2 aromatic carbocycles. The molecule has 33 heavy (non-hydrogen) atoms. The van der Waals surface area contributed by atoms with E-state index in [2.05, 4.69) is 58.2 Å². The van der Waals surface area contributed by atoms with Crippen LogP contribution in [0.1, 0.15) is 26.7 Å². The van der Waals surface area contributed by atoms with Crippen LogP contribution in [0.5, 0.6) is 0 Å². The Kier molecular flexibility index (Phi) is 7.57. The zero-order chi connectivity index (χ0) is 23.0. The fourth-order valence-corrected chi connectivity index (χ4v) is 4.45. The lowest BCUT2D eigenvalue weighted by molar-refractivity contribution is 0.639. The van der Waals surface area contributed by atoms with Crippen molar-refractivity contribution in [3.8, 4) is 22.5 Å². The van der Waals surface area contributed by atoms with Gasteiger partial charge in [0.15, 0.2) is 5.16 Å². The minimum atomic E-state index is -0.268. The fourth-order valence-electron chi connectivity index (χ4n) is 3.64. The first-order valence-corrected chi connectivity index (χ1v) is 12.1. The molecule has 0 amide bonds. The van der Waals surface area contributed by atoms with Crippen LogP contribution in [0.2, 0.25) is 0 Å². The lowest BCUT2D eigenvalue weighted by Crippen LogP contribution is -2.32. The molecule has 0 aliphatic rings. The highest BCUT2D eigenvalue weighted by Crippen LogP contribution is 2.31. The van der Waals surface area contributed by atoms with Crippen molar-refractivity contribution in [2.24, 2.45) is 0 Å². The fraction of sp³-hybridized carbons (Fsp3) is 0.280. The van der Waals surface area contributed by atoms with E-state index in [0.717, 1.165) is 53.5 Å². The molecule has 2 N–H and O–H groups in total. The SMILES string of the molecule is CC(C)N(CCCCSc1n[nH]c(=O)[nH]1)c1cnc(-c2ccccc2)c(-c2ccccc2)n1. The number of rotatable bonds is 10. The maximum atomic E-state index is 11.1. The molecule has 0 aliphatic carbocycles. The van der Waals surface area contributed by atoms with E-state index in [1.807, 2.05) is 42.6 Å². The number of nitrogens with one attached hydrogen (secondary N) is 2. The van der Waals surface area contributed by atoms with Crippen molar-refractivity contribution in [3.05, 3.63) is 77.3 Å². The summed E-state index contributed by atoms with van der Waals surface area (Å²) in [5, 5.41) is 6.97. The molecule has 170 valence electrons. The van der Waals surface area contributed by atoms with Gasteiger partial charge in [-0.3, -0.25) is 9.97 Å². The Morgan fingerprint density at radius 2 is 1.61 bits per heavy atom. The standard InChI is InChI=1S/C25H28N6OS/c1-18(2)31(15-9-10-16-33-25-28-24(32)29-30-25)21-17-26-22(19-11-5-3-6-12-19)23(27-21)20-13-7-4-8-14-20/h3-8,11-14,17-18H,9-10,15-16H2,1-2H3,(H2,28,29,30,32). The highest BCUT2D eigenvalue weighted by Gasteiger charge is 2.17. The van der Waals surface area contributed by atoms with Crippen LogP contribution >= 0.6 is 11.8 Å². The van der Waals surface area contributed by atoms with Crippen LogP contribution in [0.25, 0.3) is 22.5 Å². The zero-order valence-corrected chi connectivity index (χ0v) is 19.7. The molecule has 7 nitrogen and oxygen atoms in total. The van der Waals surface area contributed by atoms with Gasteiger partial charge in [0, 0.05) is 29.5 Å². The summed E-state index contributed by atoms with van der Waals surface area (Å²) in [4.78, 5) is 26.1. The maximum absolute atomic E-state index is 11.1. The third-order valence-electron chi connectivity index (χ3n) is 5.28. The molecule has 0 aliphatic heterocycles. The van der Waals surface area contributed by atoms with E-state index in [4.69, 9.17) is 9.97 Å². The van der Waals surface area contributed by atoms with Crippen molar-refractivity contribution >= 4 is 17.6 Å². The van der Waals surface area contributed by atoms with E-state index in [9.17, 15) is 4.79 Å². The van der Waals surface area contributed by atoms with Crippen LogP contribution in [-0.4, -0.2) is 43.5 Å². The number of aromatic amines is 2. The predicted molar refractivity (Wildman–Crippen MR) is 135 cm³/mol. The molecule has 8 heteroatoms. The number of thioether (sulfide) groups is 1. The number of unbranched alkanes of at least 4 members (excludes halogenated alkanes) is 1. The molecule has 0 spiro atoms. The van der Waals surface area contributed by atoms with E-state index in [1.165, 1.54) is 0 Å². The average molecular weight is 461 g/mol. The number of H-pyrrole nitrogens is 2. The molecular formula is C25H28N6OS. The number of hydrogen-bond acceptors (Lipinski definition) is 6. The van der Waals surface area contributed by atoms with Crippen molar-refractivity contribution in [2.45, 2.75) is 37.9 Å². The van der Waals surface area contributed by atoms with Gasteiger partial charge in [-0.2, -0.15) is 0 Å². The number of aromatic nitrogens is 5. The minimum absolute atomic E-state index is 0.268. The van der Waals surface area contributed by atoms with Crippen molar-refractivity contribution in [1.82, 2.24) is 25.1 Å². The topological polar surface area (TPSA) is 90.6 Å². The zero-order valence-electron chi connectivity index (χ0n) is 18.9. The van der Waals surface area contributed by atoms with E-state index < -0.39 is 0 Å². The Balaban J connectivity index is 1.52. The van der Waals surface area contributed by atoms with Gasteiger partial charge >= 0.3 is 5.69 Å². The van der Waals surface area contributed by atoms with Gasteiger partial charge < -0.3 is 4.90 Å². The van der Waals surface area contributed by atoms with Gasteiger partial charge in [0.05, 0.1) is 17.6 Å². The largest absolute Gasteiger partial charge is 0.353 e. The predicted octanol–water partition coefficient (Wildman–Crippen LogP) is 5.01. The molecule has 0 unspecified atom stereocenters. The Morgan fingerprint density at radius 3 is 2.21 bits per heavy atom. The van der Waals surface area contributed by atoms with E-state index >= 15 is 0 Å². The number of anilines is 1. The van der Waals surface area contributed by atoms with Gasteiger partial charge in [-0.15, -0.1) is 5.10 Å². The summed E-state index contributed by atoms with van der Waals surface area (Å²) in [5.41, 5.74) is 3.62. The molecule has 0 saturated carbocycles. The number of nitrogens with zero attached hydrogens (tertiary/aromatic N) is 4. The maximum Gasteiger partial charge on any atom is 0.341 e. The van der Waals surface area contributed by atoms with Crippen LogP contribution in [-0.2, 0) is 0 Å². The van der Waals surface area contributed by atoms with Crippen molar-refractivity contribution in [1.29, 1.82) is 0 Å². The van der Waals surface area contributed by atoms with Crippen molar-refractivity contribution in [2.75, 3.05) is 17.2 Å². The Labute approximate surface area is 197 Å². The molecule has 4 rings (SSSR count). The average Bonchev–Trinajstić information content (AvgIpc) is 3.27. The van der Waals surface area contributed by atoms with Crippen LogP contribution in [0.4, 0.5) is 5.82 Å². The number of hydrogen-bond donors (Lipinski definition) is 2.